The van der Waals surface area contributed by atoms with E-state index in [-0.39, 0.29) is 11.1 Å². The number of amidine groups is 1. The van der Waals surface area contributed by atoms with Gasteiger partial charge in [0.2, 0.25) is 5.91 Å². The van der Waals surface area contributed by atoms with Crippen LogP contribution in [-0.2, 0) is 9.59 Å². The van der Waals surface area contributed by atoms with Crippen LogP contribution in [0.1, 0.15) is 32.8 Å². The highest BCUT2D eigenvalue weighted by atomic mass is 35.5. The van der Waals surface area contributed by atoms with Crippen molar-refractivity contribution in [1.82, 2.24) is 5.32 Å². The van der Waals surface area contributed by atoms with Gasteiger partial charge in [0.15, 0.2) is 16.7 Å². The maximum Gasteiger partial charge on any atom is 0.286 e. The first-order valence-electron chi connectivity index (χ1n) is 7.83. The van der Waals surface area contributed by atoms with Crippen molar-refractivity contribution in [2.75, 3.05) is 13.2 Å². The van der Waals surface area contributed by atoms with E-state index in [4.69, 9.17) is 21.1 Å². The van der Waals surface area contributed by atoms with Gasteiger partial charge >= 0.3 is 0 Å². The summed E-state index contributed by atoms with van der Waals surface area (Å²) < 4.78 is 11.3. The zero-order valence-electron chi connectivity index (χ0n) is 14.2. The van der Waals surface area contributed by atoms with Crippen molar-refractivity contribution >= 4 is 46.4 Å². The van der Waals surface area contributed by atoms with Crippen LogP contribution in [0.25, 0.3) is 6.08 Å². The number of rotatable bonds is 6. The molecule has 1 aromatic carbocycles. The molecule has 1 heterocycles. The fourth-order valence-electron chi connectivity index (χ4n) is 2.04. The van der Waals surface area contributed by atoms with Crippen LogP contribution in [0.5, 0.6) is 11.5 Å². The van der Waals surface area contributed by atoms with E-state index in [0.29, 0.717) is 40.2 Å². The Morgan fingerprint density at radius 3 is 2.76 bits per heavy atom. The number of nitrogens with one attached hydrogen (secondary N) is 1. The number of carbonyl (C=O) groups excluding carboxylic acids is 2. The number of hydrogen-bond acceptors (Lipinski definition) is 5. The van der Waals surface area contributed by atoms with Crippen LogP contribution in [0, 0.1) is 0 Å². The molecule has 1 aliphatic heterocycles. The van der Waals surface area contributed by atoms with Crippen molar-refractivity contribution in [2.45, 2.75) is 27.2 Å². The number of halogens is 1. The lowest BCUT2D eigenvalue weighted by Gasteiger charge is -2.14. The van der Waals surface area contributed by atoms with Crippen LogP contribution in [0.15, 0.2) is 22.0 Å². The highest BCUT2D eigenvalue weighted by molar-refractivity contribution is 8.18. The molecule has 0 fully saturated rings. The van der Waals surface area contributed by atoms with Crippen LogP contribution in [0.4, 0.5) is 0 Å². The summed E-state index contributed by atoms with van der Waals surface area (Å²) in [6, 6.07) is 3.46. The molecule has 0 aromatic heterocycles. The quantitative estimate of drug-likeness (QED) is 0.760. The lowest BCUT2D eigenvalue weighted by Crippen LogP contribution is -2.23. The molecule has 0 unspecified atom stereocenters. The second-order valence-corrected chi connectivity index (χ2v) is 6.56. The van der Waals surface area contributed by atoms with E-state index >= 15 is 0 Å². The molecule has 0 radical (unpaired) electrons. The van der Waals surface area contributed by atoms with Gasteiger partial charge in [0, 0.05) is 6.92 Å². The third kappa shape index (κ3) is 5.24. The Morgan fingerprint density at radius 1 is 1.36 bits per heavy atom. The Kier molecular flexibility index (Phi) is 6.90. The molecule has 0 bridgehead atoms. The maximum atomic E-state index is 12.0. The van der Waals surface area contributed by atoms with Gasteiger partial charge in [0.25, 0.3) is 5.91 Å². The first kappa shape index (κ1) is 19.3. The Labute approximate surface area is 155 Å². The summed E-state index contributed by atoms with van der Waals surface area (Å²) in [4.78, 5) is 27.2. The highest BCUT2D eigenvalue weighted by Gasteiger charge is 2.23. The molecule has 0 spiro atoms. The van der Waals surface area contributed by atoms with E-state index in [1.165, 1.54) is 6.92 Å². The molecule has 6 nitrogen and oxygen atoms in total. The minimum atomic E-state index is -0.408. The minimum absolute atomic E-state index is 0.266. The van der Waals surface area contributed by atoms with E-state index in [1.54, 1.807) is 18.2 Å². The van der Waals surface area contributed by atoms with E-state index in [0.717, 1.165) is 18.2 Å². The van der Waals surface area contributed by atoms with Gasteiger partial charge in [-0.05, 0) is 48.9 Å². The van der Waals surface area contributed by atoms with Crippen molar-refractivity contribution in [3.63, 3.8) is 0 Å². The number of amides is 2. The van der Waals surface area contributed by atoms with E-state index in [2.05, 4.69) is 10.3 Å². The Bertz CT molecular complexity index is 746. The van der Waals surface area contributed by atoms with Gasteiger partial charge in [-0.2, -0.15) is 4.99 Å². The van der Waals surface area contributed by atoms with E-state index in [1.807, 2.05) is 13.8 Å². The van der Waals surface area contributed by atoms with Crippen molar-refractivity contribution in [3.8, 4) is 11.5 Å². The molecule has 1 N–H and O–H groups in total. The monoisotopic (exact) mass is 382 g/mol. The van der Waals surface area contributed by atoms with Crippen LogP contribution >= 0.6 is 23.4 Å². The predicted octanol–water partition coefficient (Wildman–Crippen LogP) is 3.63. The van der Waals surface area contributed by atoms with Gasteiger partial charge in [-0.25, -0.2) is 0 Å². The van der Waals surface area contributed by atoms with Gasteiger partial charge < -0.3 is 14.8 Å². The second-order valence-electron chi connectivity index (χ2n) is 5.13. The van der Waals surface area contributed by atoms with Gasteiger partial charge in [0.1, 0.15) is 0 Å². The molecule has 8 heteroatoms. The zero-order chi connectivity index (χ0) is 18.4. The molecule has 0 aliphatic carbocycles. The fraction of sp³-hybridized carbons (Fsp3) is 0.353. The number of carbonyl (C=O) groups is 2. The lowest BCUT2D eigenvalue weighted by molar-refractivity contribution is -0.117. The van der Waals surface area contributed by atoms with Crippen LogP contribution < -0.4 is 14.8 Å². The third-order valence-electron chi connectivity index (χ3n) is 2.98. The summed E-state index contributed by atoms with van der Waals surface area (Å²) in [6.45, 7) is 6.22. The van der Waals surface area contributed by atoms with Gasteiger partial charge in [0.05, 0.1) is 23.1 Å². The fourth-order valence-corrected chi connectivity index (χ4v) is 3.18. The third-order valence-corrected chi connectivity index (χ3v) is 4.16. The minimum Gasteiger partial charge on any atom is -0.490 e. The molecule has 1 aromatic rings. The number of nitrogens with zero attached hydrogens (tertiary/aromatic N) is 1. The Balaban J connectivity index is 2.28. The Hall–Kier alpha value is -1.99. The highest BCUT2D eigenvalue weighted by Crippen LogP contribution is 2.38. The van der Waals surface area contributed by atoms with Gasteiger partial charge in [-0.1, -0.05) is 18.5 Å². The molecule has 2 rings (SSSR count). The second kappa shape index (κ2) is 8.92. The predicted molar refractivity (Wildman–Crippen MR) is 100 cm³/mol. The summed E-state index contributed by atoms with van der Waals surface area (Å²) in [6.07, 6.45) is 2.51. The molecule has 0 atom stereocenters. The first-order valence-corrected chi connectivity index (χ1v) is 9.03. The zero-order valence-corrected chi connectivity index (χ0v) is 15.8. The largest absolute Gasteiger partial charge is 0.490 e. The standard InChI is InChI=1S/C17H19ClN2O4S/c1-4-6-24-15-12(18)7-11(8-13(15)23-5-2)9-14-16(22)20-17(25-14)19-10(3)21/h7-9H,4-6H2,1-3H3,(H,19,20,21,22)/b14-9-. The van der Waals surface area contributed by atoms with Crippen LogP contribution in [0.2, 0.25) is 5.02 Å². The molecular weight excluding hydrogens is 364 g/mol. The van der Waals surface area contributed by atoms with Crippen molar-refractivity contribution in [3.05, 3.63) is 27.6 Å². The summed E-state index contributed by atoms with van der Waals surface area (Å²) in [7, 11) is 0. The number of aliphatic imine (C=N–C) groups is 1. The lowest BCUT2D eigenvalue weighted by atomic mass is 10.2. The molecule has 134 valence electrons. The summed E-state index contributed by atoms with van der Waals surface area (Å²) in [5.41, 5.74) is 0.687. The van der Waals surface area contributed by atoms with Gasteiger partial charge in [-0.3, -0.25) is 9.59 Å². The molecule has 2 amide bonds. The van der Waals surface area contributed by atoms with Crippen molar-refractivity contribution < 1.29 is 19.1 Å². The Morgan fingerprint density at radius 2 is 2.12 bits per heavy atom. The summed E-state index contributed by atoms with van der Waals surface area (Å²) in [5, 5.41) is 3.18. The topological polar surface area (TPSA) is 77.0 Å². The number of ether oxygens (including phenoxy) is 2. The summed E-state index contributed by atoms with van der Waals surface area (Å²) in [5.74, 6) is 0.329. The average molecular weight is 383 g/mol. The number of thioether (sulfide) groups is 1. The molecule has 0 saturated heterocycles. The average Bonchev–Trinajstić information content (AvgIpc) is 2.85. The van der Waals surface area contributed by atoms with E-state index in [9.17, 15) is 9.59 Å². The van der Waals surface area contributed by atoms with Crippen molar-refractivity contribution in [1.29, 1.82) is 0 Å². The van der Waals surface area contributed by atoms with Crippen molar-refractivity contribution in [2.24, 2.45) is 4.99 Å². The van der Waals surface area contributed by atoms with Crippen LogP contribution in [-0.4, -0.2) is 30.2 Å². The van der Waals surface area contributed by atoms with E-state index < -0.39 is 5.91 Å². The smallest absolute Gasteiger partial charge is 0.286 e. The summed E-state index contributed by atoms with van der Waals surface area (Å²) >= 11 is 7.41. The molecular formula is C17H19ClN2O4S. The normalized spacial score (nSPS) is 15.3. The van der Waals surface area contributed by atoms with Gasteiger partial charge in [-0.15, -0.1) is 0 Å². The number of hydrogen-bond donors (Lipinski definition) is 1. The molecule has 0 saturated carbocycles. The number of benzene rings is 1. The molecule has 1 aliphatic rings. The maximum absolute atomic E-state index is 12.0. The SMILES string of the molecule is CCCOc1c(Cl)cc(/C=C2\SC(NC(C)=O)=NC2=O)cc1OCC. The molecule has 25 heavy (non-hydrogen) atoms. The van der Waals surface area contributed by atoms with Crippen LogP contribution in [0.3, 0.4) is 0 Å². The first-order chi connectivity index (χ1) is 11.9.